The Balaban J connectivity index is 2.40. The number of benzene rings is 1. The van der Waals surface area contributed by atoms with Gasteiger partial charge in [-0.3, -0.25) is 0 Å². The fourth-order valence-corrected chi connectivity index (χ4v) is 1.37. The standard InChI is InChI=1S/C11H16ClN/c1-2-10-3-5-11(6-4-10)7-8-13-9-12/h3-6,13H,2,7-9H2,1H3. The van der Waals surface area contributed by atoms with Crippen molar-refractivity contribution in [3.05, 3.63) is 35.4 Å². The molecule has 0 aromatic heterocycles. The van der Waals surface area contributed by atoms with Crippen molar-refractivity contribution in [1.29, 1.82) is 0 Å². The van der Waals surface area contributed by atoms with Gasteiger partial charge >= 0.3 is 0 Å². The van der Waals surface area contributed by atoms with Gasteiger partial charge in [0.2, 0.25) is 0 Å². The lowest BCUT2D eigenvalue weighted by Crippen LogP contribution is -2.14. The summed E-state index contributed by atoms with van der Waals surface area (Å²) >= 11 is 5.50. The maximum atomic E-state index is 5.50. The Bertz CT molecular complexity index is 230. The molecule has 0 bridgehead atoms. The average molecular weight is 198 g/mol. The van der Waals surface area contributed by atoms with Crippen molar-refractivity contribution in [3.63, 3.8) is 0 Å². The third kappa shape index (κ3) is 3.79. The Morgan fingerprint density at radius 2 is 1.77 bits per heavy atom. The van der Waals surface area contributed by atoms with Gasteiger partial charge in [-0.15, -0.1) is 11.6 Å². The van der Waals surface area contributed by atoms with E-state index in [1.54, 1.807) is 0 Å². The molecule has 1 N–H and O–H groups in total. The SMILES string of the molecule is CCc1ccc(CCNCCl)cc1. The van der Waals surface area contributed by atoms with Gasteiger partial charge in [0.15, 0.2) is 0 Å². The number of nitrogens with one attached hydrogen (secondary N) is 1. The van der Waals surface area contributed by atoms with Crippen LogP contribution >= 0.6 is 11.6 Å². The van der Waals surface area contributed by atoms with Crippen LogP contribution in [0.5, 0.6) is 0 Å². The molecule has 1 aromatic carbocycles. The maximum absolute atomic E-state index is 5.50. The average Bonchev–Trinajstić information content (AvgIpc) is 2.19. The van der Waals surface area contributed by atoms with Gasteiger partial charge in [0.1, 0.15) is 0 Å². The van der Waals surface area contributed by atoms with Gasteiger partial charge in [0.25, 0.3) is 0 Å². The molecule has 0 aliphatic rings. The minimum absolute atomic E-state index is 0.535. The summed E-state index contributed by atoms with van der Waals surface area (Å²) in [6.45, 7) is 3.12. The molecule has 0 atom stereocenters. The fourth-order valence-electron chi connectivity index (χ4n) is 1.24. The Hall–Kier alpha value is -0.530. The monoisotopic (exact) mass is 197 g/mol. The topological polar surface area (TPSA) is 12.0 Å². The van der Waals surface area contributed by atoms with Gasteiger partial charge in [-0.05, 0) is 24.0 Å². The molecular formula is C11H16ClN. The van der Waals surface area contributed by atoms with Crippen molar-refractivity contribution >= 4 is 11.6 Å². The molecule has 0 unspecified atom stereocenters. The summed E-state index contributed by atoms with van der Waals surface area (Å²) in [4.78, 5) is 0. The molecule has 0 amide bonds. The molecule has 0 saturated heterocycles. The number of hydrogen-bond acceptors (Lipinski definition) is 1. The van der Waals surface area contributed by atoms with E-state index < -0.39 is 0 Å². The number of aryl methyl sites for hydroxylation is 1. The fraction of sp³-hybridized carbons (Fsp3) is 0.455. The molecule has 0 aliphatic heterocycles. The molecule has 0 heterocycles. The van der Waals surface area contributed by atoms with Crippen molar-refractivity contribution in [1.82, 2.24) is 5.32 Å². The molecule has 0 spiro atoms. The van der Waals surface area contributed by atoms with E-state index in [4.69, 9.17) is 11.6 Å². The van der Waals surface area contributed by atoms with E-state index in [-0.39, 0.29) is 0 Å². The highest BCUT2D eigenvalue weighted by Gasteiger charge is 1.92. The summed E-state index contributed by atoms with van der Waals surface area (Å²) in [5.74, 6) is 0. The van der Waals surface area contributed by atoms with E-state index in [1.165, 1.54) is 11.1 Å². The molecule has 0 aliphatic carbocycles. The van der Waals surface area contributed by atoms with Gasteiger partial charge in [-0.25, -0.2) is 0 Å². The van der Waals surface area contributed by atoms with Crippen molar-refractivity contribution < 1.29 is 0 Å². The normalized spacial score (nSPS) is 10.3. The van der Waals surface area contributed by atoms with Crippen LogP contribution in [0.2, 0.25) is 0 Å². The molecule has 0 radical (unpaired) electrons. The Morgan fingerprint density at radius 1 is 1.15 bits per heavy atom. The summed E-state index contributed by atoms with van der Waals surface area (Å²) in [6.07, 6.45) is 2.16. The first-order valence-electron chi connectivity index (χ1n) is 4.71. The van der Waals surface area contributed by atoms with Gasteiger partial charge < -0.3 is 5.32 Å². The molecule has 0 saturated carbocycles. The predicted molar refractivity (Wildman–Crippen MR) is 58.2 cm³/mol. The number of alkyl halides is 1. The molecule has 13 heavy (non-hydrogen) atoms. The lowest BCUT2D eigenvalue weighted by Gasteiger charge is -2.02. The van der Waals surface area contributed by atoms with E-state index in [0.29, 0.717) is 6.00 Å². The summed E-state index contributed by atoms with van der Waals surface area (Å²) in [7, 11) is 0. The summed E-state index contributed by atoms with van der Waals surface area (Å²) < 4.78 is 0. The zero-order valence-electron chi connectivity index (χ0n) is 8.02. The quantitative estimate of drug-likeness (QED) is 0.435. The second kappa shape index (κ2) is 6.01. The van der Waals surface area contributed by atoms with Crippen LogP contribution in [0.3, 0.4) is 0 Å². The first-order chi connectivity index (χ1) is 6.36. The number of rotatable bonds is 5. The highest BCUT2D eigenvalue weighted by Crippen LogP contribution is 2.05. The molecule has 72 valence electrons. The van der Waals surface area contributed by atoms with E-state index >= 15 is 0 Å². The number of hydrogen-bond donors (Lipinski definition) is 1. The van der Waals surface area contributed by atoms with Gasteiger partial charge in [-0.2, -0.15) is 0 Å². The highest BCUT2D eigenvalue weighted by molar-refractivity contribution is 6.17. The molecule has 1 nitrogen and oxygen atoms in total. The minimum Gasteiger partial charge on any atom is -0.304 e. The van der Waals surface area contributed by atoms with Crippen LogP contribution in [0.15, 0.2) is 24.3 Å². The Kier molecular flexibility index (Phi) is 4.87. The van der Waals surface area contributed by atoms with Crippen LogP contribution in [0, 0.1) is 0 Å². The lowest BCUT2D eigenvalue weighted by molar-refractivity contribution is 0.770. The maximum Gasteiger partial charge on any atom is 0.0713 e. The van der Waals surface area contributed by atoms with Crippen LogP contribution in [0.4, 0.5) is 0 Å². The van der Waals surface area contributed by atoms with Crippen molar-refractivity contribution in [2.75, 3.05) is 12.5 Å². The summed E-state index contributed by atoms with van der Waals surface area (Å²) in [5.41, 5.74) is 2.77. The highest BCUT2D eigenvalue weighted by atomic mass is 35.5. The third-order valence-corrected chi connectivity index (χ3v) is 2.31. The Morgan fingerprint density at radius 3 is 2.31 bits per heavy atom. The molecule has 2 heteroatoms. The first-order valence-corrected chi connectivity index (χ1v) is 5.24. The van der Waals surface area contributed by atoms with E-state index in [1.807, 2.05) is 0 Å². The van der Waals surface area contributed by atoms with E-state index in [2.05, 4.69) is 36.5 Å². The first kappa shape index (κ1) is 10.6. The third-order valence-electron chi connectivity index (χ3n) is 2.12. The zero-order valence-corrected chi connectivity index (χ0v) is 8.77. The van der Waals surface area contributed by atoms with Crippen LogP contribution in [-0.4, -0.2) is 12.5 Å². The zero-order chi connectivity index (χ0) is 9.52. The Labute approximate surface area is 85.1 Å². The number of halogens is 1. The minimum atomic E-state index is 0.535. The summed E-state index contributed by atoms with van der Waals surface area (Å²) in [5, 5.41) is 3.09. The molecule has 1 rings (SSSR count). The van der Waals surface area contributed by atoms with E-state index in [9.17, 15) is 0 Å². The van der Waals surface area contributed by atoms with Crippen molar-refractivity contribution in [3.8, 4) is 0 Å². The van der Waals surface area contributed by atoms with Crippen LogP contribution in [-0.2, 0) is 12.8 Å². The molecular weight excluding hydrogens is 182 g/mol. The lowest BCUT2D eigenvalue weighted by atomic mass is 10.1. The molecule has 1 aromatic rings. The van der Waals surface area contributed by atoms with Gasteiger partial charge in [0, 0.05) is 6.54 Å². The second-order valence-corrected chi connectivity index (χ2v) is 3.32. The van der Waals surface area contributed by atoms with Gasteiger partial charge in [-0.1, -0.05) is 31.2 Å². The van der Waals surface area contributed by atoms with E-state index in [0.717, 1.165) is 19.4 Å². The van der Waals surface area contributed by atoms with Crippen LogP contribution < -0.4 is 5.32 Å². The molecule has 0 fully saturated rings. The van der Waals surface area contributed by atoms with Crippen molar-refractivity contribution in [2.45, 2.75) is 19.8 Å². The van der Waals surface area contributed by atoms with Crippen LogP contribution in [0.25, 0.3) is 0 Å². The predicted octanol–water partition coefficient (Wildman–Crippen LogP) is 2.58. The van der Waals surface area contributed by atoms with Crippen molar-refractivity contribution in [2.24, 2.45) is 0 Å². The smallest absolute Gasteiger partial charge is 0.0713 e. The second-order valence-electron chi connectivity index (χ2n) is 3.05. The largest absolute Gasteiger partial charge is 0.304 e. The van der Waals surface area contributed by atoms with Crippen LogP contribution in [0.1, 0.15) is 18.1 Å². The summed E-state index contributed by atoms with van der Waals surface area (Å²) in [6, 6.07) is 9.29. The van der Waals surface area contributed by atoms with Gasteiger partial charge in [0.05, 0.1) is 6.00 Å².